The van der Waals surface area contributed by atoms with E-state index in [4.69, 9.17) is 0 Å². The first-order valence-corrected chi connectivity index (χ1v) is 8.15. The van der Waals surface area contributed by atoms with Crippen LogP contribution in [0.3, 0.4) is 0 Å². The molecule has 1 saturated heterocycles. The van der Waals surface area contributed by atoms with Crippen molar-refractivity contribution in [2.75, 3.05) is 18.8 Å². The molecule has 0 unspecified atom stereocenters. The van der Waals surface area contributed by atoms with Crippen molar-refractivity contribution in [3.8, 4) is 0 Å². The van der Waals surface area contributed by atoms with Crippen LogP contribution < -0.4 is 0 Å². The molecule has 1 aliphatic rings. The normalized spacial score (nSPS) is 21.2. The molecule has 20 heavy (non-hydrogen) atoms. The van der Waals surface area contributed by atoms with Gasteiger partial charge in [-0.25, -0.2) is 12.8 Å². The van der Waals surface area contributed by atoms with Gasteiger partial charge in [0.1, 0.15) is 5.82 Å². The Morgan fingerprint density at radius 2 is 2.00 bits per heavy atom. The van der Waals surface area contributed by atoms with E-state index in [0.29, 0.717) is 13.0 Å². The zero-order valence-electron chi connectivity index (χ0n) is 11.6. The number of amides is 1. The summed E-state index contributed by atoms with van der Waals surface area (Å²) in [4.78, 5) is 13.8. The molecule has 110 valence electrons. The van der Waals surface area contributed by atoms with Crippen molar-refractivity contribution in [3.63, 3.8) is 0 Å². The molecule has 6 heteroatoms. The van der Waals surface area contributed by atoms with E-state index in [9.17, 15) is 17.6 Å². The number of nitrogens with zero attached hydrogens (tertiary/aromatic N) is 1. The Morgan fingerprint density at radius 3 is 2.65 bits per heavy atom. The number of halogens is 1. The molecule has 1 fully saturated rings. The van der Waals surface area contributed by atoms with Crippen molar-refractivity contribution in [3.05, 3.63) is 35.6 Å². The van der Waals surface area contributed by atoms with Gasteiger partial charge >= 0.3 is 0 Å². The maximum atomic E-state index is 13.2. The first-order chi connectivity index (χ1) is 9.23. The Hall–Kier alpha value is -1.43. The van der Waals surface area contributed by atoms with E-state index >= 15 is 0 Å². The van der Waals surface area contributed by atoms with Crippen LogP contribution in [0.1, 0.15) is 30.6 Å². The number of carbonyl (C=O) groups excluding carboxylic acids is 1. The molecule has 1 aromatic carbocycles. The van der Waals surface area contributed by atoms with Gasteiger partial charge in [0.2, 0.25) is 0 Å². The summed E-state index contributed by atoms with van der Waals surface area (Å²) in [7, 11) is -3.22. The molecular weight excluding hydrogens is 281 g/mol. The van der Waals surface area contributed by atoms with Gasteiger partial charge in [-0.05, 0) is 38.5 Å². The van der Waals surface area contributed by atoms with Crippen LogP contribution in [0, 0.1) is 5.82 Å². The number of carbonyl (C=O) groups is 1. The van der Waals surface area contributed by atoms with Gasteiger partial charge in [0, 0.05) is 18.7 Å². The molecule has 2 rings (SSSR count). The largest absolute Gasteiger partial charge is 0.338 e. The molecule has 0 N–H and O–H groups in total. The van der Waals surface area contributed by atoms with Gasteiger partial charge in [-0.1, -0.05) is 6.07 Å². The molecular formula is C14H18FNO3S. The Balaban J connectivity index is 2.21. The Kier molecular flexibility index (Phi) is 3.86. The van der Waals surface area contributed by atoms with E-state index in [1.807, 2.05) is 0 Å². The molecule has 0 atom stereocenters. The summed E-state index contributed by atoms with van der Waals surface area (Å²) in [6.07, 6.45) is 0.385. The lowest BCUT2D eigenvalue weighted by molar-refractivity contribution is 0.0764. The first kappa shape index (κ1) is 15.0. The van der Waals surface area contributed by atoms with Crippen molar-refractivity contribution in [1.29, 1.82) is 0 Å². The van der Waals surface area contributed by atoms with Crippen LogP contribution in [-0.4, -0.2) is 42.8 Å². The molecule has 0 aliphatic carbocycles. The molecule has 0 spiro atoms. The molecule has 0 radical (unpaired) electrons. The maximum Gasteiger partial charge on any atom is 0.253 e. The number of rotatable bonds is 1. The van der Waals surface area contributed by atoms with Crippen LogP contribution in [-0.2, 0) is 9.84 Å². The number of hydrogen-bond donors (Lipinski definition) is 0. The van der Waals surface area contributed by atoms with Crippen molar-refractivity contribution in [2.45, 2.75) is 25.0 Å². The molecule has 0 bridgehead atoms. The van der Waals surface area contributed by atoms with Crippen LogP contribution in [0.25, 0.3) is 0 Å². The summed E-state index contributed by atoms with van der Waals surface area (Å²) >= 11 is 0. The fraction of sp³-hybridized carbons (Fsp3) is 0.500. The smallest absolute Gasteiger partial charge is 0.253 e. The third-order valence-electron chi connectivity index (χ3n) is 3.81. The second kappa shape index (κ2) is 5.16. The highest BCUT2D eigenvalue weighted by molar-refractivity contribution is 7.92. The predicted molar refractivity (Wildman–Crippen MR) is 74.8 cm³/mol. The zero-order chi connectivity index (χ0) is 15.0. The van der Waals surface area contributed by atoms with Crippen LogP contribution in [0.2, 0.25) is 0 Å². The SMILES string of the molecule is CC1(C)CCN(C(=O)c2cccc(F)c2)CCS1(=O)=O. The van der Waals surface area contributed by atoms with Gasteiger partial charge in [-0.15, -0.1) is 0 Å². The van der Waals surface area contributed by atoms with Gasteiger partial charge in [-0.2, -0.15) is 0 Å². The highest BCUT2D eigenvalue weighted by atomic mass is 32.2. The van der Waals surface area contributed by atoms with Gasteiger partial charge in [0.25, 0.3) is 5.91 Å². The van der Waals surface area contributed by atoms with Crippen LogP contribution >= 0.6 is 0 Å². The van der Waals surface area contributed by atoms with Gasteiger partial charge < -0.3 is 4.90 Å². The van der Waals surface area contributed by atoms with Gasteiger partial charge in [0.15, 0.2) is 9.84 Å². The molecule has 1 aliphatic heterocycles. The average Bonchev–Trinajstić information content (AvgIpc) is 2.47. The first-order valence-electron chi connectivity index (χ1n) is 6.50. The molecule has 1 aromatic rings. The lowest BCUT2D eigenvalue weighted by atomic mass is 10.1. The number of benzene rings is 1. The summed E-state index contributed by atoms with van der Waals surface area (Å²) in [5.74, 6) is -0.850. The van der Waals surface area contributed by atoms with E-state index < -0.39 is 20.4 Å². The molecule has 1 heterocycles. The Bertz CT molecular complexity index is 625. The third-order valence-corrected chi connectivity index (χ3v) is 6.42. The summed E-state index contributed by atoms with van der Waals surface area (Å²) in [5, 5.41) is 0. The summed E-state index contributed by atoms with van der Waals surface area (Å²) in [6.45, 7) is 3.87. The van der Waals surface area contributed by atoms with Crippen molar-refractivity contribution < 1.29 is 17.6 Å². The standard InChI is InChI=1S/C14H18FNO3S/c1-14(2)6-7-16(8-9-20(14,18)19)13(17)11-4-3-5-12(15)10-11/h3-5,10H,6-9H2,1-2H3. The van der Waals surface area contributed by atoms with Gasteiger partial charge in [0.05, 0.1) is 10.5 Å². The van der Waals surface area contributed by atoms with Crippen LogP contribution in [0.4, 0.5) is 4.39 Å². The number of sulfone groups is 1. The van der Waals surface area contributed by atoms with E-state index in [0.717, 1.165) is 0 Å². The Labute approximate surface area is 118 Å². The van der Waals surface area contributed by atoms with E-state index in [1.165, 1.54) is 29.2 Å². The van der Waals surface area contributed by atoms with E-state index in [1.54, 1.807) is 13.8 Å². The lowest BCUT2D eigenvalue weighted by Crippen LogP contribution is -2.33. The molecule has 1 amide bonds. The number of hydrogen-bond acceptors (Lipinski definition) is 3. The fourth-order valence-electron chi connectivity index (χ4n) is 2.19. The minimum Gasteiger partial charge on any atom is -0.338 e. The Morgan fingerprint density at radius 1 is 1.30 bits per heavy atom. The van der Waals surface area contributed by atoms with Gasteiger partial charge in [-0.3, -0.25) is 4.79 Å². The van der Waals surface area contributed by atoms with Crippen molar-refractivity contribution >= 4 is 15.7 Å². The quantitative estimate of drug-likeness (QED) is 0.795. The van der Waals surface area contributed by atoms with E-state index in [-0.39, 0.29) is 23.8 Å². The monoisotopic (exact) mass is 299 g/mol. The highest BCUT2D eigenvalue weighted by Gasteiger charge is 2.38. The molecule has 4 nitrogen and oxygen atoms in total. The maximum absolute atomic E-state index is 13.2. The predicted octanol–water partition coefficient (Wildman–Crippen LogP) is 1.86. The third kappa shape index (κ3) is 2.85. The summed E-state index contributed by atoms with van der Waals surface area (Å²) in [5.41, 5.74) is 0.252. The lowest BCUT2D eigenvalue weighted by Gasteiger charge is -2.22. The second-order valence-electron chi connectivity index (χ2n) is 5.63. The highest BCUT2D eigenvalue weighted by Crippen LogP contribution is 2.25. The topological polar surface area (TPSA) is 54.5 Å². The van der Waals surface area contributed by atoms with Crippen molar-refractivity contribution in [2.24, 2.45) is 0 Å². The van der Waals surface area contributed by atoms with Crippen molar-refractivity contribution in [1.82, 2.24) is 4.90 Å². The fourth-order valence-corrected chi connectivity index (χ4v) is 3.60. The van der Waals surface area contributed by atoms with E-state index in [2.05, 4.69) is 0 Å². The van der Waals surface area contributed by atoms with Crippen LogP contribution in [0.15, 0.2) is 24.3 Å². The molecule has 0 aromatic heterocycles. The summed E-state index contributed by atoms with van der Waals surface area (Å²) in [6, 6.07) is 5.46. The minimum atomic E-state index is -3.22. The molecule has 0 saturated carbocycles. The minimum absolute atomic E-state index is 0.0545. The second-order valence-corrected chi connectivity index (χ2v) is 8.37. The average molecular weight is 299 g/mol. The van der Waals surface area contributed by atoms with Crippen LogP contribution in [0.5, 0.6) is 0 Å². The summed E-state index contributed by atoms with van der Waals surface area (Å²) < 4.78 is 36.5. The zero-order valence-corrected chi connectivity index (χ0v) is 12.4.